The molecule has 2 amide bonds. The molecule has 0 aliphatic carbocycles. The van der Waals surface area contributed by atoms with Crippen LogP contribution >= 0.6 is 23.1 Å². The van der Waals surface area contributed by atoms with E-state index < -0.39 is 0 Å². The van der Waals surface area contributed by atoms with Crippen LogP contribution in [0.15, 0.2) is 28.6 Å². The highest BCUT2D eigenvalue weighted by atomic mass is 32.2. The summed E-state index contributed by atoms with van der Waals surface area (Å²) in [4.78, 5) is 22.9. The Morgan fingerprint density at radius 3 is 2.48 bits per heavy atom. The first-order chi connectivity index (χ1) is 10.9. The molecule has 2 aromatic rings. The highest BCUT2D eigenvalue weighted by Gasteiger charge is 2.09. The van der Waals surface area contributed by atoms with Crippen LogP contribution in [0.4, 0.5) is 10.8 Å². The number of carbonyl (C=O) groups excluding carboxylic acids is 2. The van der Waals surface area contributed by atoms with Crippen molar-refractivity contribution in [2.45, 2.75) is 31.0 Å². The van der Waals surface area contributed by atoms with Crippen molar-refractivity contribution >= 4 is 45.7 Å². The van der Waals surface area contributed by atoms with Crippen molar-refractivity contribution < 1.29 is 9.59 Å². The van der Waals surface area contributed by atoms with E-state index >= 15 is 0 Å². The number of aromatic nitrogens is 2. The van der Waals surface area contributed by atoms with E-state index in [1.807, 2.05) is 24.3 Å². The lowest BCUT2D eigenvalue weighted by Gasteiger charge is -2.08. The van der Waals surface area contributed by atoms with Gasteiger partial charge in [0.1, 0.15) is 0 Å². The molecule has 0 unspecified atom stereocenters. The third kappa shape index (κ3) is 5.65. The van der Waals surface area contributed by atoms with Crippen LogP contribution in [0.25, 0.3) is 0 Å². The van der Waals surface area contributed by atoms with Gasteiger partial charge in [-0.2, -0.15) is 0 Å². The SMILES string of the molecule is CC(=O)Nc1nnc(SCC(=O)Nc2ccc(C(C)C)cc2)s1. The zero-order valence-corrected chi connectivity index (χ0v) is 14.8. The number of carbonyl (C=O) groups is 2. The summed E-state index contributed by atoms with van der Waals surface area (Å²) < 4.78 is 0.638. The molecule has 23 heavy (non-hydrogen) atoms. The largest absolute Gasteiger partial charge is 0.325 e. The molecule has 0 aliphatic heterocycles. The van der Waals surface area contributed by atoms with Crippen LogP contribution in [-0.2, 0) is 9.59 Å². The molecule has 2 rings (SSSR count). The smallest absolute Gasteiger partial charge is 0.234 e. The molecular weight excluding hydrogens is 332 g/mol. The maximum Gasteiger partial charge on any atom is 0.234 e. The maximum atomic E-state index is 11.9. The van der Waals surface area contributed by atoms with Gasteiger partial charge in [0.25, 0.3) is 0 Å². The van der Waals surface area contributed by atoms with Crippen molar-refractivity contribution in [2.24, 2.45) is 0 Å². The minimum atomic E-state index is -0.194. The van der Waals surface area contributed by atoms with Gasteiger partial charge in [0.05, 0.1) is 5.75 Å². The Balaban J connectivity index is 1.82. The molecule has 0 radical (unpaired) electrons. The summed E-state index contributed by atoms with van der Waals surface area (Å²) in [6.07, 6.45) is 0. The lowest BCUT2D eigenvalue weighted by atomic mass is 10.0. The van der Waals surface area contributed by atoms with E-state index in [-0.39, 0.29) is 17.6 Å². The van der Waals surface area contributed by atoms with E-state index in [2.05, 4.69) is 34.7 Å². The van der Waals surface area contributed by atoms with E-state index in [0.29, 0.717) is 15.4 Å². The van der Waals surface area contributed by atoms with Crippen LogP contribution in [-0.4, -0.2) is 27.8 Å². The molecule has 0 saturated carbocycles. The highest BCUT2D eigenvalue weighted by Crippen LogP contribution is 2.25. The van der Waals surface area contributed by atoms with Crippen LogP contribution in [0.3, 0.4) is 0 Å². The zero-order valence-electron chi connectivity index (χ0n) is 13.1. The molecule has 0 fully saturated rings. The number of rotatable bonds is 6. The Morgan fingerprint density at radius 2 is 1.87 bits per heavy atom. The lowest BCUT2D eigenvalue weighted by Crippen LogP contribution is -2.13. The zero-order chi connectivity index (χ0) is 16.8. The lowest BCUT2D eigenvalue weighted by molar-refractivity contribution is -0.114. The first-order valence-corrected chi connectivity index (χ1v) is 8.88. The van der Waals surface area contributed by atoms with E-state index in [1.54, 1.807) is 0 Å². The molecular formula is C15H18N4O2S2. The first-order valence-electron chi connectivity index (χ1n) is 7.07. The molecule has 0 bridgehead atoms. The summed E-state index contributed by atoms with van der Waals surface area (Å²) in [6.45, 7) is 5.66. The number of hydrogen-bond acceptors (Lipinski definition) is 6. The second kappa shape index (κ2) is 8.07. The predicted octanol–water partition coefficient (Wildman–Crippen LogP) is 3.35. The van der Waals surface area contributed by atoms with Gasteiger partial charge in [0.2, 0.25) is 16.9 Å². The van der Waals surface area contributed by atoms with Gasteiger partial charge < -0.3 is 10.6 Å². The molecule has 0 saturated heterocycles. The van der Waals surface area contributed by atoms with Crippen LogP contribution in [0.5, 0.6) is 0 Å². The average molecular weight is 350 g/mol. The Morgan fingerprint density at radius 1 is 1.17 bits per heavy atom. The van der Waals surface area contributed by atoms with Crippen molar-refractivity contribution in [3.8, 4) is 0 Å². The number of hydrogen-bond donors (Lipinski definition) is 2. The van der Waals surface area contributed by atoms with Crippen LogP contribution in [0, 0.1) is 0 Å². The number of benzene rings is 1. The van der Waals surface area contributed by atoms with Gasteiger partial charge in [-0.05, 0) is 23.6 Å². The summed E-state index contributed by atoms with van der Waals surface area (Å²) in [7, 11) is 0. The first kappa shape index (κ1) is 17.4. The van der Waals surface area contributed by atoms with Crippen LogP contribution in [0.2, 0.25) is 0 Å². The van der Waals surface area contributed by atoms with Gasteiger partial charge >= 0.3 is 0 Å². The van der Waals surface area contributed by atoms with Gasteiger partial charge in [-0.1, -0.05) is 49.1 Å². The van der Waals surface area contributed by atoms with Crippen molar-refractivity contribution in [3.63, 3.8) is 0 Å². The molecule has 1 aromatic carbocycles. The van der Waals surface area contributed by atoms with Crippen molar-refractivity contribution in [1.29, 1.82) is 0 Å². The minimum absolute atomic E-state index is 0.108. The van der Waals surface area contributed by atoms with Gasteiger partial charge in [-0.3, -0.25) is 9.59 Å². The molecule has 6 nitrogen and oxygen atoms in total. The van der Waals surface area contributed by atoms with Gasteiger partial charge in [0.15, 0.2) is 4.34 Å². The van der Waals surface area contributed by atoms with Crippen LogP contribution in [0.1, 0.15) is 32.3 Å². The topological polar surface area (TPSA) is 84.0 Å². The summed E-state index contributed by atoms with van der Waals surface area (Å²) in [5.41, 5.74) is 2.01. The molecule has 8 heteroatoms. The number of anilines is 2. The molecule has 1 aromatic heterocycles. The second-order valence-corrected chi connectivity index (χ2v) is 7.37. The van der Waals surface area contributed by atoms with Gasteiger partial charge in [-0.25, -0.2) is 0 Å². The van der Waals surface area contributed by atoms with Crippen molar-refractivity contribution in [2.75, 3.05) is 16.4 Å². The standard InChI is InChI=1S/C15H18N4O2S2/c1-9(2)11-4-6-12(7-5-11)17-13(21)8-22-15-19-18-14(23-15)16-10(3)20/h4-7,9H,8H2,1-3H3,(H,17,21)(H,16,18,20). The summed E-state index contributed by atoms with van der Waals surface area (Å²) >= 11 is 2.53. The molecule has 1 heterocycles. The molecule has 122 valence electrons. The maximum absolute atomic E-state index is 11.9. The molecule has 0 atom stereocenters. The Bertz CT molecular complexity index is 683. The fourth-order valence-corrected chi connectivity index (χ4v) is 3.34. The Hall–Kier alpha value is -1.93. The fraction of sp³-hybridized carbons (Fsp3) is 0.333. The third-order valence-electron chi connectivity index (χ3n) is 2.88. The van der Waals surface area contributed by atoms with E-state index in [4.69, 9.17) is 0 Å². The number of nitrogens with zero attached hydrogens (tertiary/aromatic N) is 2. The van der Waals surface area contributed by atoms with Crippen molar-refractivity contribution in [1.82, 2.24) is 10.2 Å². The Kier molecular flexibility index (Phi) is 6.12. The van der Waals surface area contributed by atoms with E-state index in [9.17, 15) is 9.59 Å². The molecule has 0 aliphatic rings. The van der Waals surface area contributed by atoms with Crippen molar-refractivity contribution in [3.05, 3.63) is 29.8 Å². The summed E-state index contributed by atoms with van der Waals surface area (Å²) in [5.74, 6) is 0.398. The highest BCUT2D eigenvalue weighted by molar-refractivity contribution is 8.01. The predicted molar refractivity (Wildman–Crippen MR) is 94.1 cm³/mol. The minimum Gasteiger partial charge on any atom is -0.325 e. The fourth-order valence-electron chi connectivity index (χ4n) is 1.74. The normalized spacial score (nSPS) is 10.6. The quantitative estimate of drug-likeness (QED) is 0.616. The number of nitrogens with one attached hydrogen (secondary N) is 2. The average Bonchev–Trinajstić information content (AvgIpc) is 2.92. The summed E-state index contributed by atoms with van der Waals surface area (Å²) in [5, 5.41) is 13.6. The van der Waals surface area contributed by atoms with E-state index in [0.717, 1.165) is 5.69 Å². The van der Waals surface area contributed by atoms with E-state index in [1.165, 1.54) is 35.6 Å². The monoisotopic (exact) mass is 350 g/mol. The van der Waals surface area contributed by atoms with Crippen LogP contribution < -0.4 is 10.6 Å². The second-order valence-electron chi connectivity index (χ2n) is 5.17. The third-order valence-corrected chi connectivity index (χ3v) is 4.85. The molecule has 0 spiro atoms. The summed E-state index contributed by atoms with van der Waals surface area (Å²) in [6, 6.07) is 7.82. The Labute approximate surface area is 143 Å². The number of thioether (sulfide) groups is 1. The van der Waals surface area contributed by atoms with Gasteiger partial charge in [0, 0.05) is 12.6 Å². The number of amides is 2. The van der Waals surface area contributed by atoms with Gasteiger partial charge in [-0.15, -0.1) is 10.2 Å². The molecule has 2 N–H and O–H groups in total.